The number of likely N-dealkylation sites (N-methyl/N-ethyl adjacent to an activating group) is 1. The van der Waals surface area contributed by atoms with E-state index in [1.807, 2.05) is 14.1 Å². The summed E-state index contributed by atoms with van der Waals surface area (Å²) in [6.45, 7) is 0.00662. The van der Waals surface area contributed by atoms with Crippen molar-refractivity contribution in [2.24, 2.45) is 0 Å². The molecule has 0 N–H and O–H groups in total. The molecule has 110 valence electrons. The lowest BCUT2D eigenvalue weighted by atomic mass is 9.88. The van der Waals surface area contributed by atoms with Gasteiger partial charge < -0.3 is 9.80 Å². The van der Waals surface area contributed by atoms with Gasteiger partial charge >= 0.3 is 10.2 Å². The van der Waals surface area contributed by atoms with E-state index >= 15 is 0 Å². The third kappa shape index (κ3) is 3.08. The van der Waals surface area contributed by atoms with E-state index in [1.165, 1.54) is 0 Å². The normalized spacial score (nSPS) is 33.2. The Morgan fingerprint density at radius 2 is 1.89 bits per heavy atom. The third-order valence-corrected chi connectivity index (χ3v) is 5.39. The number of likely N-dealkylation sites (tertiary alicyclic amines) is 1. The zero-order valence-corrected chi connectivity index (χ0v) is 12.2. The lowest BCUT2D eigenvalue weighted by Gasteiger charge is -2.41. The minimum Gasteiger partial charge on any atom is -0.337 e. The van der Waals surface area contributed by atoms with E-state index in [-0.39, 0.29) is 31.0 Å². The van der Waals surface area contributed by atoms with Crippen LogP contribution in [0.2, 0.25) is 0 Å². The Morgan fingerprint density at radius 3 is 2.42 bits per heavy atom. The summed E-state index contributed by atoms with van der Waals surface area (Å²) >= 11 is 0. The van der Waals surface area contributed by atoms with Gasteiger partial charge in [0.1, 0.15) is 5.25 Å². The van der Waals surface area contributed by atoms with E-state index in [2.05, 4.69) is 4.90 Å². The van der Waals surface area contributed by atoms with Crippen molar-refractivity contribution < 1.29 is 17.1 Å². The van der Waals surface area contributed by atoms with Gasteiger partial charge in [0.2, 0.25) is 5.91 Å². The first-order valence-electron chi connectivity index (χ1n) is 6.70. The molecule has 0 aromatic carbocycles. The number of amides is 1. The van der Waals surface area contributed by atoms with Crippen molar-refractivity contribution in [2.45, 2.75) is 49.4 Å². The van der Waals surface area contributed by atoms with Gasteiger partial charge in [0.15, 0.2) is 0 Å². The summed E-state index contributed by atoms with van der Waals surface area (Å²) in [5.41, 5.74) is 0. The van der Waals surface area contributed by atoms with E-state index < -0.39 is 15.5 Å². The Labute approximate surface area is 114 Å². The molecule has 19 heavy (non-hydrogen) atoms. The quantitative estimate of drug-likeness (QED) is 0.721. The van der Waals surface area contributed by atoms with Crippen LogP contribution in [0.5, 0.6) is 0 Å². The Morgan fingerprint density at radius 1 is 1.26 bits per heavy atom. The summed E-state index contributed by atoms with van der Waals surface area (Å²) in [4.78, 5) is 15.6. The number of carbonyl (C=O) groups excluding carboxylic acids is 1. The topological polar surface area (TPSA) is 57.7 Å². The van der Waals surface area contributed by atoms with Crippen molar-refractivity contribution in [3.63, 3.8) is 0 Å². The lowest BCUT2D eigenvalue weighted by Crippen LogP contribution is -2.52. The Balaban J connectivity index is 2.14. The van der Waals surface area contributed by atoms with Crippen molar-refractivity contribution >= 4 is 16.1 Å². The number of rotatable bonds is 3. The average Bonchev–Trinajstić information content (AvgIpc) is 2.71. The third-order valence-electron chi connectivity index (χ3n) is 4.28. The smallest absolute Gasteiger partial charge is 0.307 e. The van der Waals surface area contributed by atoms with E-state index in [0.29, 0.717) is 0 Å². The van der Waals surface area contributed by atoms with Crippen molar-refractivity contribution in [2.75, 3.05) is 20.6 Å². The number of carbonyl (C=O) groups is 1. The molecular formula is C12H21FN2O3S. The second-order valence-electron chi connectivity index (χ2n) is 5.73. The molecule has 2 aliphatic rings. The molecule has 1 heterocycles. The van der Waals surface area contributed by atoms with Gasteiger partial charge in [-0.05, 0) is 26.9 Å². The maximum Gasteiger partial charge on any atom is 0.307 e. The average molecular weight is 292 g/mol. The monoisotopic (exact) mass is 292 g/mol. The number of hydrogen-bond acceptors (Lipinski definition) is 4. The highest BCUT2D eigenvalue weighted by atomic mass is 32.3. The molecule has 1 amide bonds. The van der Waals surface area contributed by atoms with Crippen LogP contribution in [0.15, 0.2) is 0 Å². The molecule has 0 bridgehead atoms. The zero-order valence-electron chi connectivity index (χ0n) is 11.4. The zero-order chi connectivity index (χ0) is 14.2. The molecule has 1 aliphatic heterocycles. The highest BCUT2D eigenvalue weighted by Crippen LogP contribution is 2.31. The molecule has 1 saturated heterocycles. The second-order valence-corrected chi connectivity index (χ2v) is 7.35. The summed E-state index contributed by atoms with van der Waals surface area (Å²) in [5, 5.41) is -1.18. The van der Waals surface area contributed by atoms with Gasteiger partial charge in [-0.2, -0.15) is 8.42 Å². The minimum absolute atomic E-state index is 0.00662. The van der Waals surface area contributed by atoms with Gasteiger partial charge in [0.25, 0.3) is 0 Å². The maximum atomic E-state index is 13.0. The molecule has 0 spiro atoms. The molecule has 1 saturated carbocycles. The van der Waals surface area contributed by atoms with E-state index in [0.717, 1.165) is 25.7 Å². The molecule has 7 heteroatoms. The predicted octanol–water partition coefficient (Wildman–Crippen LogP) is 0.759. The molecule has 0 aromatic heterocycles. The SMILES string of the molecule is CN(C)[C@H]1CCCC[C@@H]1N1CC(S(=O)(=O)F)CC1=O. The fourth-order valence-corrected chi connectivity index (χ4v) is 3.94. The number of nitrogens with zero attached hydrogens (tertiary/aromatic N) is 2. The molecule has 3 atom stereocenters. The highest BCUT2D eigenvalue weighted by Gasteiger charge is 2.44. The summed E-state index contributed by atoms with van der Waals surface area (Å²) in [5.74, 6) is -0.232. The van der Waals surface area contributed by atoms with Gasteiger partial charge in [-0.15, -0.1) is 3.89 Å². The van der Waals surface area contributed by atoms with Crippen LogP contribution >= 0.6 is 0 Å². The number of hydrogen-bond donors (Lipinski definition) is 0. The van der Waals surface area contributed by atoms with E-state index in [1.54, 1.807) is 4.90 Å². The van der Waals surface area contributed by atoms with Crippen molar-refractivity contribution in [3.8, 4) is 0 Å². The Bertz CT molecular complexity index is 452. The fourth-order valence-electron chi connectivity index (χ4n) is 3.26. The van der Waals surface area contributed by atoms with Crippen LogP contribution in [0.3, 0.4) is 0 Å². The van der Waals surface area contributed by atoms with Gasteiger partial charge in [-0.1, -0.05) is 12.8 Å². The standard InChI is InChI=1S/C12H21FN2O3S/c1-14(2)10-5-3-4-6-11(10)15-8-9(7-12(15)16)19(13,17)18/h9-11H,3-8H2,1-2H3/t9?,10-,11-/m0/s1. The van der Waals surface area contributed by atoms with Gasteiger partial charge in [0, 0.05) is 25.0 Å². The minimum atomic E-state index is -4.62. The maximum absolute atomic E-state index is 13.0. The summed E-state index contributed by atoms with van der Waals surface area (Å²) in [7, 11) is -0.690. The first kappa shape index (κ1) is 14.7. The van der Waals surface area contributed by atoms with Crippen LogP contribution in [0.25, 0.3) is 0 Å². The predicted molar refractivity (Wildman–Crippen MR) is 69.9 cm³/mol. The molecule has 5 nitrogen and oxygen atoms in total. The molecule has 2 rings (SSSR count). The molecule has 2 fully saturated rings. The molecular weight excluding hydrogens is 271 g/mol. The number of halogens is 1. The van der Waals surface area contributed by atoms with Crippen LogP contribution in [0.4, 0.5) is 3.89 Å². The molecule has 0 radical (unpaired) electrons. The van der Waals surface area contributed by atoms with Gasteiger partial charge in [0.05, 0.1) is 0 Å². The van der Waals surface area contributed by atoms with Crippen LogP contribution in [0, 0.1) is 0 Å². The first-order chi connectivity index (χ1) is 8.80. The summed E-state index contributed by atoms with van der Waals surface area (Å²) < 4.78 is 35.0. The van der Waals surface area contributed by atoms with Crippen molar-refractivity contribution in [3.05, 3.63) is 0 Å². The molecule has 1 aliphatic carbocycles. The first-order valence-corrected chi connectivity index (χ1v) is 8.14. The van der Waals surface area contributed by atoms with Crippen LogP contribution in [-0.4, -0.2) is 62.1 Å². The van der Waals surface area contributed by atoms with Gasteiger partial charge in [-0.25, -0.2) is 0 Å². The van der Waals surface area contributed by atoms with Crippen LogP contribution < -0.4 is 0 Å². The van der Waals surface area contributed by atoms with Crippen molar-refractivity contribution in [1.29, 1.82) is 0 Å². The fraction of sp³-hybridized carbons (Fsp3) is 0.917. The van der Waals surface area contributed by atoms with E-state index in [9.17, 15) is 17.1 Å². The summed E-state index contributed by atoms with van der Waals surface area (Å²) in [6, 6.07) is 0.252. The van der Waals surface area contributed by atoms with Crippen LogP contribution in [-0.2, 0) is 15.0 Å². The highest BCUT2D eigenvalue weighted by molar-refractivity contribution is 7.87. The van der Waals surface area contributed by atoms with E-state index in [4.69, 9.17) is 0 Å². The largest absolute Gasteiger partial charge is 0.337 e. The second kappa shape index (κ2) is 5.36. The Hall–Kier alpha value is -0.690. The Kier molecular flexibility index (Phi) is 4.15. The molecule has 1 unspecified atom stereocenters. The van der Waals surface area contributed by atoms with Crippen molar-refractivity contribution in [1.82, 2.24) is 9.80 Å². The molecule has 0 aromatic rings. The van der Waals surface area contributed by atoms with Gasteiger partial charge in [-0.3, -0.25) is 4.79 Å². The summed E-state index contributed by atoms with van der Waals surface area (Å²) in [6.07, 6.45) is 3.80. The van der Waals surface area contributed by atoms with Crippen LogP contribution in [0.1, 0.15) is 32.1 Å². The lowest BCUT2D eigenvalue weighted by molar-refractivity contribution is -0.131.